The van der Waals surface area contributed by atoms with Crippen LogP contribution in [-0.2, 0) is 30.4 Å². The Bertz CT molecular complexity index is 831. The van der Waals surface area contributed by atoms with E-state index in [0.717, 1.165) is 0 Å². The molecule has 1 aromatic rings. The van der Waals surface area contributed by atoms with Crippen LogP contribution in [0.1, 0.15) is 44.7 Å². The molecular formula is C20H33N7O7. The maximum Gasteiger partial charge on any atom is 0.325 e. The number of H-pyrrole nitrogens is 1. The molecule has 0 bridgehead atoms. The van der Waals surface area contributed by atoms with Gasteiger partial charge in [-0.15, -0.1) is 0 Å². The van der Waals surface area contributed by atoms with Gasteiger partial charge in [-0.1, -0.05) is 0 Å². The van der Waals surface area contributed by atoms with Crippen molar-refractivity contribution in [2.75, 3.05) is 6.54 Å². The lowest BCUT2D eigenvalue weighted by molar-refractivity contribution is -0.142. The molecule has 0 saturated heterocycles. The van der Waals surface area contributed by atoms with Crippen LogP contribution in [0.4, 0.5) is 0 Å². The number of carboxylic acids is 2. The fraction of sp³-hybridized carbons (Fsp3) is 0.600. The molecule has 0 aliphatic carbocycles. The van der Waals surface area contributed by atoms with Gasteiger partial charge < -0.3 is 42.6 Å². The molecule has 14 nitrogen and oxygen atoms in total. The summed E-state index contributed by atoms with van der Waals surface area (Å²) < 4.78 is 0. The van der Waals surface area contributed by atoms with Crippen molar-refractivity contribution in [3.8, 4) is 0 Å². The molecule has 0 saturated carbocycles. The Kier molecular flexibility index (Phi) is 12.2. The van der Waals surface area contributed by atoms with Gasteiger partial charge in [0, 0.05) is 24.7 Å². The van der Waals surface area contributed by atoms with Crippen molar-refractivity contribution in [1.29, 1.82) is 0 Å². The van der Waals surface area contributed by atoms with E-state index in [9.17, 15) is 24.0 Å². The van der Waals surface area contributed by atoms with Gasteiger partial charge in [-0.05, 0) is 39.2 Å². The Morgan fingerprint density at radius 2 is 1.65 bits per heavy atom. The lowest BCUT2D eigenvalue weighted by atomic mass is 10.1. The number of carbonyl (C=O) groups is 5. The number of aromatic nitrogens is 2. The maximum absolute atomic E-state index is 13.0. The number of carbonyl (C=O) groups excluding carboxylic acids is 3. The minimum absolute atomic E-state index is 0.00804. The predicted octanol–water partition coefficient (Wildman–Crippen LogP) is -2.17. The zero-order chi connectivity index (χ0) is 25.7. The second-order valence-corrected chi connectivity index (χ2v) is 7.80. The van der Waals surface area contributed by atoms with Gasteiger partial charge in [-0.25, -0.2) is 4.98 Å². The molecule has 14 heteroatoms. The van der Waals surface area contributed by atoms with E-state index in [1.165, 1.54) is 19.4 Å². The summed E-state index contributed by atoms with van der Waals surface area (Å²) in [6.45, 7) is 1.67. The third-order valence-electron chi connectivity index (χ3n) is 4.93. The van der Waals surface area contributed by atoms with Crippen molar-refractivity contribution >= 4 is 29.7 Å². The molecule has 0 radical (unpaired) electrons. The standard InChI is InChI=1S/C20H33N7O7/c1-11(20(33)34)25-18(31)14(4-2-3-7-21)26-19(32)15(8-12-9-23-10-24-12)27-17(30)13(22)5-6-16(28)29/h9-11,13-15H,2-8,21-22H2,1H3,(H,23,24)(H,25,31)(H,26,32)(H,27,30)(H,28,29)(H,33,34). The number of aliphatic carboxylic acids is 2. The number of imidazole rings is 1. The van der Waals surface area contributed by atoms with Crippen molar-refractivity contribution in [2.45, 2.75) is 69.6 Å². The number of nitrogens with one attached hydrogen (secondary N) is 4. The number of aromatic amines is 1. The molecule has 0 fully saturated rings. The zero-order valence-electron chi connectivity index (χ0n) is 19.0. The maximum atomic E-state index is 13.0. The summed E-state index contributed by atoms with van der Waals surface area (Å²) in [5.74, 6) is -4.48. The van der Waals surface area contributed by atoms with Crippen molar-refractivity contribution in [1.82, 2.24) is 25.9 Å². The van der Waals surface area contributed by atoms with Gasteiger partial charge in [0.05, 0.1) is 12.4 Å². The normalized spacial score (nSPS) is 14.3. The summed E-state index contributed by atoms with van der Waals surface area (Å²) in [7, 11) is 0. The first-order valence-corrected chi connectivity index (χ1v) is 10.8. The van der Waals surface area contributed by atoms with Crippen molar-refractivity contribution < 1.29 is 34.2 Å². The highest BCUT2D eigenvalue weighted by molar-refractivity contribution is 5.94. The Hall–Kier alpha value is -3.52. The third kappa shape index (κ3) is 10.4. The molecule has 4 unspecified atom stereocenters. The molecule has 1 rings (SSSR count). The van der Waals surface area contributed by atoms with Crippen molar-refractivity contribution in [3.05, 3.63) is 18.2 Å². The monoisotopic (exact) mass is 483 g/mol. The fourth-order valence-corrected chi connectivity index (χ4v) is 2.92. The van der Waals surface area contributed by atoms with Crippen LogP contribution in [-0.4, -0.2) is 80.6 Å². The van der Waals surface area contributed by atoms with E-state index in [4.69, 9.17) is 21.7 Å². The zero-order valence-corrected chi connectivity index (χ0v) is 19.0. The smallest absolute Gasteiger partial charge is 0.325 e. The molecule has 3 amide bonds. The molecule has 1 heterocycles. The highest BCUT2D eigenvalue weighted by Crippen LogP contribution is 2.06. The molecule has 0 spiro atoms. The van der Waals surface area contributed by atoms with E-state index in [-0.39, 0.29) is 25.7 Å². The average Bonchev–Trinajstić information content (AvgIpc) is 3.29. The molecule has 34 heavy (non-hydrogen) atoms. The Balaban J connectivity index is 2.97. The van der Waals surface area contributed by atoms with Crippen LogP contribution in [0.3, 0.4) is 0 Å². The second kappa shape index (κ2) is 14.6. The van der Waals surface area contributed by atoms with Crippen LogP contribution in [0.15, 0.2) is 12.5 Å². The Morgan fingerprint density at radius 3 is 2.21 bits per heavy atom. The molecule has 1 aromatic heterocycles. The van der Waals surface area contributed by atoms with Crippen molar-refractivity contribution in [2.24, 2.45) is 11.5 Å². The van der Waals surface area contributed by atoms with Crippen LogP contribution in [0.25, 0.3) is 0 Å². The Morgan fingerprint density at radius 1 is 1.00 bits per heavy atom. The lowest BCUT2D eigenvalue weighted by Crippen LogP contribution is -2.57. The predicted molar refractivity (Wildman–Crippen MR) is 119 cm³/mol. The van der Waals surface area contributed by atoms with E-state index in [1.54, 1.807) is 0 Å². The van der Waals surface area contributed by atoms with Gasteiger partial charge in [-0.3, -0.25) is 24.0 Å². The number of nitrogens with zero attached hydrogens (tertiary/aromatic N) is 1. The molecule has 190 valence electrons. The van der Waals surface area contributed by atoms with Crippen LogP contribution in [0.2, 0.25) is 0 Å². The highest BCUT2D eigenvalue weighted by atomic mass is 16.4. The summed E-state index contributed by atoms with van der Waals surface area (Å²) in [4.78, 5) is 66.6. The van der Waals surface area contributed by atoms with E-state index < -0.39 is 53.8 Å². The molecule has 10 N–H and O–H groups in total. The fourth-order valence-electron chi connectivity index (χ4n) is 2.92. The Labute approximate surface area is 196 Å². The second-order valence-electron chi connectivity index (χ2n) is 7.80. The average molecular weight is 484 g/mol. The quantitative estimate of drug-likeness (QED) is 0.118. The molecule has 4 atom stereocenters. The first-order chi connectivity index (χ1) is 16.0. The van der Waals surface area contributed by atoms with E-state index in [1.807, 2.05) is 0 Å². The van der Waals surface area contributed by atoms with E-state index in [0.29, 0.717) is 25.1 Å². The number of nitrogens with two attached hydrogens (primary N) is 2. The van der Waals surface area contributed by atoms with Crippen molar-refractivity contribution in [3.63, 3.8) is 0 Å². The van der Waals surface area contributed by atoms with E-state index in [2.05, 4.69) is 25.9 Å². The van der Waals surface area contributed by atoms with Gasteiger partial charge >= 0.3 is 11.9 Å². The van der Waals surface area contributed by atoms with Gasteiger partial charge in [0.2, 0.25) is 17.7 Å². The highest BCUT2D eigenvalue weighted by Gasteiger charge is 2.29. The van der Waals surface area contributed by atoms with Gasteiger partial charge in [0.1, 0.15) is 18.1 Å². The summed E-state index contributed by atoms with van der Waals surface area (Å²) in [5, 5.41) is 25.2. The van der Waals surface area contributed by atoms with Crippen LogP contribution >= 0.6 is 0 Å². The van der Waals surface area contributed by atoms with Crippen LogP contribution in [0.5, 0.6) is 0 Å². The van der Waals surface area contributed by atoms with Gasteiger partial charge in [0.25, 0.3) is 0 Å². The third-order valence-corrected chi connectivity index (χ3v) is 4.93. The summed E-state index contributed by atoms with van der Waals surface area (Å²) in [6.07, 6.45) is 3.66. The minimum atomic E-state index is -1.24. The first-order valence-electron chi connectivity index (χ1n) is 10.8. The van der Waals surface area contributed by atoms with Gasteiger partial charge in [-0.2, -0.15) is 0 Å². The van der Waals surface area contributed by atoms with E-state index >= 15 is 0 Å². The first kappa shape index (κ1) is 28.5. The summed E-state index contributed by atoms with van der Waals surface area (Å²) >= 11 is 0. The number of amides is 3. The number of hydrogen-bond donors (Lipinski definition) is 8. The number of unbranched alkanes of at least 4 members (excludes halogenated alkanes) is 1. The summed E-state index contributed by atoms with van der Waals surface area (Å²) in [5.41, 5.74) is 11.8. The molecular weight excluding hydrogens is 450 g/mol. The number of rotatable bonds is 16. The molecule has 0 aliphatic rings. The SMILES string of the molecule is CC(NC(=O)C(CCCCN)NC(=O)C(Cc1cnc[nH]1)NC(=O)C(N)CCC(=O)O)C(=O)O. The number of hydrogen-bond acceptors (Lipinski definition) is 8. The topological polar surface area (TPSA) is 243 Å². The number of carboxylic acid groups (broad SMARTS) is 2. The minimum Gasteiger partial charge on any atom is -0.481 e. The lowest BCUT2D eigenvalue weighted by Gasteiger charge is -2.24. The molecule has 0 aromatic carbocycles. The van der Waals surface area contributed by atoms with Crippen LogP contribution in [0, 0.1) is 0 Å². The largest absolute Gasteiger partial charge is 0.481 e. The van der Waals surface area contributed by atoms with Gasteiger partial charge in [0.15, 0.2) is 0 Å². The molecule has 0 aliphatic heterocycles. The van der Waals surface area contributed by atoms with Crippen LogP contribution < -0.4 is 27.4 Å². The summed E-state index contributed by atoms with van der Waals surface area (Å²) in [6, 6.07) is -4.56.